The predicted molar refractivity (Wildman–Crippen MR) is 68.1 cm³/mol. The Morgan fingerprint density at radius 1 is 1.11 bits per heavy atom. The monoisotopic (exact) mass is 254 g/mol. The van der Waals surface area contributed by atoms with Crippen LogP contribution in [0.25, 0.3) is 0 Å². The Morgan fingerprint density at radius 3 is 2.22 bits per heavy atom. The molecule has 0 heterocycles. The molecule has 0 bridgehead atoms. The molecule has 1 aliphatic carbocycles. The third-order valence-corrected chi connectivity index (χ3v) is 3.64. The van der Waals surface area contributed by atoms with Crippen LogP contribution in [-0.2, 0) is 0 Å². The standard InChI is InChI=1S/C14H20F2N2/c1-9(10-6-11(15)8-12(16)7-10)18-14-4-2-13(17)3-5-14/h6-9,13-14,18H,2-5,17H2,1H3. The van der Waals surface area contributed by atoms with Crippen LogP contribution in [0, 0.1) is 11.6 Å². The lowest BCUT2D eigenvalue weighted by atomic mass is 9.91. The molecule has 0 aromatic heterocycles. The maximum atomic E-state index is 13.1. The van der Waals surface area contributed by atoms with E-state index < -0.39 is 11.6 Å². The van der Waals surface area contributed by atoms with E-state index in [-0.39, 0.29) is 6.04 Å². The van der Waals surface area contributed by atoms with Crippen molar-refractivity contribution in [3.05, 3.63) is 35.4 Å². The number of benzene rings is 1. The second-order valence-electron chi connectivity index (χ2n) is 5.20. The Bertz CT molecular complexity index is 381. The first-order valence-corrected chi connectivity index (χ1v) is 6.52. The van der Waals surface area contributed by atoms with Crippen molar-refractivity contribution in [2.24, 2.45) is 5.73 Å². The summed E-state index contributed by atoms with van der Waals surface area (Å²) in [4.78, 5) is 0. The molecule has 0 spiro atoms. The van der Waals surface area contributed by atoms with Gasteiger partial charge in [0, 0.05) is 24.2 Å². The van der Waals surface area contributed by atoms with Gasteiger partial charge in [-0.05, 0) is 50.3 Å². The number of halogens is 2. The molecule has 1 aliphatic rings. The van der Waals surface area contributed by atoms with E-state index >= 15 is 0 Å². The summed E-state index contributed by atoms with van der Waals surface area (Å²) in [6.45, 7) is 1.93. The van der Waals surface area contributed by atoms with Gasteiger partial charge in [-0.1, -0.05) is 0 Å². The average Bonchev–Trinajstić information content (AvgIpc) is 2.31. The number of nitrogens with one attached hydrogen (secondary N) is 1. The van der Waals surface area contributed by atoms with Gasteiger partial charge in [-0.25, -0.2) is 8.78 Å². The van der Waals surface area contributed by atoms with Crippen molar-refractivity contribution in [3.8, 4) is 0 Å². The molecule has 4 heteroatoms. The van der Waals surface area contributed by atoms with Crippen molar-refractivity contribution in [1.82, 2.24) is 5.32 Å². The van der Waals surface area contributed by atoms with Crippen molar-refractivity contribution in [1.29, 1.82) is 0 Å². The SMILES string of the molecule is CC(NC1CCC(N)CC1)c1cc(F)cc(F)c1. The van der Waals surface area contributed by atoms with Crippen LogP contribution in [0.1, 0.15) is 44.2 Å². The molecule has 0 radical (unpaired) electrons. The van der Waals surface area contributed by atoms with Gasteiger partial charge >= 0.3 is 0 Å². The molecule has 2 nitrogen and oxygen atoms in total. The third kappa shape index (κ3) is 3.50. The smallest absolute Gasteiger partial charge is 0.126 e. The van der Waals surface area contributed by atoms with Crippen LogP contribution in [0.3, 0.4) is 0 Å². The van der Waals surface area contributed by atoms with E-state index in [9.17, 15) is 8.78 Å². The van der Waals surface area contributed by atoms with Crippen molar-refractivity contribution in [3.63, 3.8) is 0 Å². The molecule has 1 saturated carbocycles. The molecule has 1 aromatic rings. The van der Waals surface area contributed by atoms with Crippen molar-refractivity contribution < 1.29 is 8.78 Å². The zero-order chi connectivity index (χ0) is 13.1. The molecule has 0 saturated heterocycles. The van der Waals surface area contributed by atoms with Crippen LogP contribution < -0.4 is 11.1 Å². The molecule has 100 valence electrons. The Morgan fingerprint density at radius 2 is 1.67 bits per heavy atom. The third-order valence-electron chi connectivity index (χ3n) is 3.64. The van der Waals surface area contributed by atoms with Crippen molar-refractivity contribution in [2.75, 3.05) is 0 Å². The lowest BCUT2D eigenvalue weighted by Crippen LogP contribution is -2.38. The van der Waals surface area contributed by atoms with E-state index in [1.807, 2.05) is 6.92 Å². The first-order valence-electron chi connectivity index (χ1n) is 6.52. The first-order chi connectivity index (χ1) is 8.54. The zero-order valence-corrected chi connectivity index (χ0v) is 10.6. The van der Waals surface area contributed by atoms with E-state index in [1.165, 1.54) is 12.1 Å². The average molecular weight is 254 g/mol. The maximum Gasteiger partial charge on any atom is 0.126 e. The molecule has 18 heavy (non-hydrogen) atoms. The van der Waals surface area contributed by atoms with Gasteiger partial charge in [0.2, 0.25) is 0 Å². The summed E-state index contributed by atoms with van der Waals surface area (Å²) < 4.78 is 26.3. The fourth-order valence-corrected chi connectivity index (χ4v) is 2.56. The fourth-order valence-electron chi connectivity index (χ4n) is 2.56. The van der Waals surface area contributed by atoms with Gasteiger partial charge in [-0.2, -0.15) is 0 Å². The van der Waals surface area contributed by atoms with Gasteiger partial charge in [0.25, 0.3) is 0 Å². The summed E-state index contributed by atoms with van der Waals surface area (Å²) in [5.74, 6) is -1.05. The molecule has 1 atom stereocenters. The first kappa shape index (κ1) is 13.4. The van der Waals surface area contributed by atoms with E-state index in [0.717, 1.165) is 31.7 Å². The topological polar surface area (TPSA) is 38.0 Å². The van der Waals surface area contributed by atoms with Crippen LogP contribution in [0.5, 0.6) is 0 Å². The van der Waals surface area contributed by atoms with Crippen LogP contribution in [0.2, 0.25) is 0 Å². The quantitative estimate of drug-likeness (QED) is 0.870. The predicted octanol–water partition coefficient (Wildman–Crippen LogP) is 2.89. The molecule has 0 aliphatic heterocycles. The second kappa shape index (κ2) is 5.76. The highest BCUT2D eigenvalue weighted by molar-refractivity contribution is 5.21. The van der Waals surface area contributed by atoms with Crippen LogP contribution in [0.4, 0.5) is 8.78 Å². The summed E-state index contributed by atoms with van der Waals surface area (Å²) in [5, 5.41) is 3.42. The van der Waals surface area contributed by atoms with Gasteiger partial charge in [0.05, 0.1) is 0 Å². The van der Waals surface area contributed by atoms with E-state index in [1.54, 1.807) is 0 Å². The highest BCUT2D eigenvalue weighted by Gasteiger charge is 2.20. The largest absolute Gasteiger partial charge is 0.328 e. The summed E-state index contributed by atoms with van der Waals surface area (Å²) in [5.41, 5.74) is 6.51. The summed E-state index contributed by atoms with van der Waals surface area (Å²) in [7, 11) is 0. The number of hydrogen-bond acceptors (Lipinski definition) is 2. The minimum absolute atomic E-state index is 0.0467. The van der Waals surface area contributed by atoms with Crippen molar-refractivity contribution in [2.45, 2.75) is 50.7 Å². The molecule has 1 unspecified atom stereocenters. The number of nitrogens with two attached hydrogens (primary N) is 1. The molecular weight excluding hydrogens is 234 g/mol. The molecule has 0 amide bonds. The molecule has 1 fully saturated rings. The highest BCUT2D eigenvalue weighted by Crippen LogP contribution is 2.22. The highest BCUT2D eigenvalue weighted by atomic mass is 19.1. The van der Waals surface area contributed by atoms with E-state index in [4.69, 9.17) is 5.73 Å². The lowest BCUT2D eigenvalue weighted by Gasteiger charge is -2.29. The Hall–Kier alpha value is -1.00. The van der Waals surface area contributed by atoms with Gasteiger partial charge in [0.15, 0.2) is 0 Å². The Balaban J connectivity index is 1.96. The summed E-state index contributed by atoms with van der Waals surface area (Å²) >= 11 is 0. The number of hydrogen-bond donors (Lipinski definition) is 2. The summed E-state index contributed by atoms with van der Waals surface area (Å²) in [6, 6.07) is 4.33. The fraction of sp³-hybridized carbons (Fsp3) is 0.571. The second-order valence-corrected chi connectivity index (χ2v) is 5.20. The van der Waals surface area contributed by atoms with Gasteiger partial charge in [-0.3, -0.25) is 0 Å². The lowest BCUT2D eigenvalue weighted by molar-refractivity contribution is 0.321. The van der Waals surface area contributed by atoms with Crippen LogP contribution in [0.15, 0.2) is 18.2 Å². The van der Waals surface area contributed by atoms with E-state index in [2.05, 4.69) is 5.32 Å². The van der Waals surface area contributed by atoms with Crippen LogP contribution >= 0.6 is 0 Å². The normalized spacial score (nSPS) is 26.0. The minimum atomic E-state index is -0.524. The van der Waals surface area contributed by atoms with Gasteiger partial charge < -0.3 is 11.1 Å². The molecule has 2 rings (SSSR count). The molecule has 1 aromatic carbocycles. The Labute approximate surface area is 107 Å². The van der Waals surface area contributed by atoms with Gasteiger partial charge in [0.1, 0.15) is 11.6 Å². The van der Waals surface area contributed by atoms with Crippen LogP contribution in [-0.4, -0.2) is 12.1 Å². The summed E-state index contributed by atoms with van der Waals surface area (Å²) in [6.07, 6.45) is 4.09. The van der Waals surface area contributed by atoms with Gasteiger partial charge in [-0.15, -0.1) is 0 Å². The van der Waals surface area contributed by atoms with Crippen molar-refractivity contribution >= 4 is 0 Å². The number of rotatable bonds is 3. The van der Waals surface area contributed by atoms with E-state index in [0.29, 0.717) is 17.6 Å². The molecular formula is C14H20F2N2. The zero-order valence-electron chi connectivity index (χ0n) is 10.6. The Kier molecular flexibility index (Phi) is 4.30. The minimum Gasteiger partial charge on any atom is -0.328 e. The molecule has 3 N–H and O–H groups in total. The maximum absolute atomic E-state index is 13.1.